The highest BCUT2D eigenvalue weighted by Gasteiger charge is 2.37. The molecular formula is C9H16N2S. The number of rotatable bonds is 3. The largest absolute Gasteiger partial charge is 0.329 e. The molecule has 12 heavy (non-hydrogen) atoms. The van der Waals surface area contributed by atoms with E-state index in [1.165, 1.54) is 24.3 Å². The monoisotopic (exact) mass is 184 g/mol. The molecule has 2 rings (SSSR count). The zero-order chi connectivity index (χ0) is 8.44. The quantitative estimate of drug-likeness (QED) is 0.635. The average Bonchev–Trinajstić information content (AvgIpc) is 2.49. The molecule has 0 aromatic rings. The maximum Gasteiger partial charge on any atom is 0.0489 e. The number of hydrogen-bond acceptors (Lipinski definition) is 3. The predicted octanol–water partition coefficient (Wildman–Crippen LogP) is 0.739. The molecule has 2 aliphatic rings. The van der Waals surface area contributed by atoms with E-state index in [0.29, 0.717) is 6.04 Å². The zero-order valence-corrected chi connectivity index (χ0v) is 8.07. The van der Waals surface area contributed by atoms with Crippen molar-refractivity contribution in [3.05, 3.63) is 12.2 Å². The van der Waals surface area contributed by atoms with Gasteiger partial charge in [0.1, 0.15) is 0 Å². The van der Waals surface area contributed by atoms with Crippen molar-refractivity contribution in [2.75, 3.05) is 18.1 Å². The lowest BCUT2D eigenvalue weighted by Gasteiger charge is -2.43. The fourth-order valence-electron chi connectivity index (χ4n) is 1.78. The minimum Gasteiger partial charge on any atom is -0.329 e. The molecule has 1 saturated heterocycles. The molecule has 2 nitrogen and oxygen atoms in total. The summed E-state index contributed by atoms with van der Waals surface area (Å²) in [7, 11) is 0. The molecular weight excluding hydrogens is 168 g/mol. The van der Waals surface area contributed by atoms with Gasteiger partial charge in [0, 0.05) is 29.6 Å². The summed E-state index contributed by atoms with van der Waals surface area (Å²) in [5.74, 6) is 2.39. The highest BCUT2D eigenvalue weighted by Crippen LogP contribution is 2.30. The molecule has 0 radical (unpaired) electrons. The van der Waals surface area contributed by atoms with Crippen molar-refractivity contribution >= 4 is 11.8 Å². The number of hydrogen-bond donors (Lipinski definition) is 2. The zero-order valence-electron chi connectivity index (χ0n) is 7.25. The molecule has 1 fully saturated rings. The lowest BCUT2D eigenvalue weighted by molar-refractivity contribution is 0.344. The van der Waals surface area contributed by atoms with E-state index in [0.717, 1.165) is 6.54 Å². The minimum absolute atomic E-state index is 0.279. The van der Waals surface area contributed by atoms with Crippen LogP contribution in [0.5, 0.6) is 0 Å². The summed E-state index contributed by atoms with van der Waals surface area (Å²) < 4.78 is 0. The van der Waals surface area contributed by atoms with Gasteiger partial charge in [-0.2, -0.15) is 11.8 Å². The lowest BCUT2D eigenvalue weighted by Crippen LogP contribution is -2.63. The summed E-state index contributed by atoms with van der Waals surface area (Å²) in [4.78, 5) is 0. The summed E-state index contributed by atoms with van der Waals surface area (Å²) in [6, 6.07) is 0.662. The fourth-order valence-corrected chi connectivity index (χ4v) is 2.88. The molecule has 1 aliphatic heterocycles. The Morgan fingerprint density at radius 3 is 2.50 bits per heavy atom. The second-order valence-electron chi connectivity index (χ2n) is 3.76. The summed E-state index contributed by atoms with van der Waals surface area (Å²) in [5.41, 5.74) is 6.03. The van der Waals surface area contributed by atoms with Crippen LogP contribution >= 0.6 is 11.8 Å². The Balaban J connectivity index is 1.84. The smallest absolute Gasteiger partial charge is 0.0489 e. The van der Waals surface area contributed by atoms with E-state index < -0.39 is 0 Å². The normalized spacial score (nSPS) is 27.4. The van der Waals surface area contributed by atoms with Gasteiger partial charge in [-0.3, -0.25) is 0 Å². The first kappa shape index (κ1) is 8.60. The fraction of sp³-hybridized carbons (Fsp3) is 0.778. The summed E-state index contributed by atoms with van der Waals surface area (Å²) in [6.07, 6.45) is 6.89. The van der Waals surface area contributed by atoms with Gasteiger partial charge >= 0.3 is 0 Å². The van der Waals surface area contributed by atoms with Crippen molar-refractivity contribution in [3.8, 4) is 0 Å². The third-order valence-corrected chi connectivity index (χ3v) is 4.18. The molecule has 1 aliphatic carbocycles. The highest BCUT2D eigenvalue weighted by molar-refractivity contribution is 8.00. The Morgan fingerprint density at radius 2 is 2.08 bits per heavy atom. The maximum atomic E-state index is 5.75. The average molecular weight is 184 g/mol. The number of nitrogens with two attached hydrogens (primary N) is 1. The Morgan fingerprint density at radius 1 is 1.42 bits per heavy atom. The second kappa shape index (κ2) is 3.40. The Bertz CT molecular complexity index is 173. The van der Waals surface area contributed by atoms with Gasteiger partial charge < -0.3 is 11.1 Å². The molecule has 0 spiro atoms. The second-order valence-corrected chi connectivity index (χ2v) is 4.75. The SMILES string of the molecule is NCC1(NC2CC=CC2)CSC1. The first-order chi connectivity index (χ1) is 5.85. The van der Waals surface area contributed by atoms with E-state index in [1.54, 1.807) is 0 Å². The molecule has 0 saturated carbocycles. The van der Waals surface area contributed by atoms with Crippen LogP contribution in [0.4, 0.5) is 0 Å². The Labute approximate surface area is 78.0 Å². The van der Waals surface area contributed by atoms with Gasteiger partial charge in [0.25, 0.3) is 0 Å². The summed E-state index contributed by atoms with van der Waals surface area (Å²) >= 11 is 1.99. The van der Waals surface area contributed by atoms with Crippen LogP contribution in [-0.2, 0) is 0 Å². The highest BCUT2D eigenvalue weighted by atomic mass is 32.2. The van der Waals surface area contributed by atoms with E-state index in [1.807, 2.05) is 11.8 Å². The van der Waals surface area contributed by atoms with Crippen LogP contribution in [0.3, 0.4) is 0 Å². The van der Waals surface area contributed by atoms with Gasteiger partial charge in [-0.05, 0) is 12.8 Å². The van der Waals surface area contributed by atoms with Crippen LogP contribution in [0.1, 0.15) is 12.8 Å². The van der Waals surface area contributed by atoms with Gasteiger partial charge in [0.2, 0.25) is 0 Å². The van der Waals surface area contributed by atoms with Gasteiger partial charge in [0.05, 0.1) is 0 Å². The third-order valence-electron chi connectivity index (χ3n) is 2.67. The Hall–Kier alpha value is 0.01000. The van der Waals surface area contributed by atoms with Crippen LogP contribution in [0.25, 0.3) is 0 Å². The molecule has 0 aromatic heterocycles. The van der Waals surface area contributed by atoms with Crippen LogP contribution in [0, 0.1) is 0 Å². The van der Waals surface area contributed by atoms with Crippen molar-refractivity contribution < 1.29 is 0 Å². The molecule has 0 amide bonds. The van der Waals surface area contributed by atoms with Gasteiger partial charge in [-0.1, -0.05) is 12.2 Å². The van der Waals surface area contributed by atoms with Gasteiger partial charge in [-0.25, -0.2) is 0 Å². The number of thioether (sulfide) groups is 1. The number of nitrogens with one attached hydrogen (secondary N) is 1. The van der Waals surface area contributed by atoms with E-state index in [4.69, 9.17) is 5.73 Å². The van der Waals surface area contributed by atoms with Crippen LogP contribution in [0.2, 0.25) is 0 Å². The van der Waals surface area contributed by atoms with Crippen molar-refractivity contribution in [2.45, 2.75) is 24.4 Å². The van der Waals surface area contributed by atoms with E-state index in [2.05, 4.69) is 17.5 Å². The lowest BCUT2D eigenvalue weighted by atomic mass is 10.0. The first-order valence-electron chi connectivity index (χ1n) is 4.55. The van der Waals surface area contributed by atoms with E-state index >= 15 is 0 Å². The Kier molecular flexibility index (Phi) is 2.44. The molecule has 3 N–H and O–H groups in total. The molecule has 0 atom stereocenters. The predicted molar refractivity (Wildman–Crippen MR) is 54.4 cm³/mol. The molecule has 0 bridgehead atoms. The standard InChI is InChI=1S/C9H16N2S/c10-5-9(6-12-7-9)11-8-3-1-2-4-8/h1-2,8,11H,3-7,10H2. The van der Waals surface area contributed by atoms with Gasteiger partial charge in [0.15, 0.2) is 0 Å². The van der Waals surface area contributed by atoms with Crippen LogP contribution in [0.15, 0.2) is 12.2 Å². The first-order valence-corrected chi connectivity index (χ1v) is 5.71. The van der Waals surface area contributed by atoms with E-state index in [9.17, 15) is 0 Å². The molecule has 3 heteroatoms. The third kappa shape index (κ3) is 1.53. The maximum absolute atomic E-state index is 5.75. The summed E-state index contributed by atoms with van der Waals surface area (Å²) in [6.45, 7) is 0.788. The van der Waals surface area contributed by atoms with Crippen LogP contribution < -0.4 is 11.1 Å². The van der Waals surface area contributed by atoms with Crippen molar-refractivity contribution in [1.29, 1.82) is 0 Å². The summed E-state index contributed by atoms with van der Waals surface area (Å²) in [5, 5.41) is 3.67. The molecule has 0 unspecified atom stereocenters. The molecule has 1 heterocycles. The van der Waals surface area contributed by atoms with E-state index in [-0.39, 0.29) is 5.54 Å². The molecule has 0 aromatic carbocycles. The topological polar surface area (TPSA) is 38.0 Å². The minimum atomic E-state index is 0.279. The van der Waals surface area contributed by atoms with Crippen LogP contribution in [-0.4, -0.2) is 29.6 Å². The van der Waals surface area contributed by atoms with Crippen molar-refractivity contribution in [3.63, 3.8) is 0 Å². The van der Waals surface area contributed by atoms with Crippen molar-refractivity contribution in [2.24, 2.45) is 5.73 Å². The molecule has 68 valence electrons. The van der Waals surface area contributed by atoms with Crippen molar-refractivity contribution in [1.82, 2.24) is 5.32 Å². The van der Waals surface area contributed by atoms with Gasteiger partial charge in [-0.15, -0.1) is 0 Å².